The van der Waals surface area contributed by atoms with E-state index in [0.29, 0.717) is 5.69 Å². The van der Waals surface area contributed by atoms with Gasteiger partial charge in [0.05, 0.1) is 11.2 Å². The predicted molar refractivity (Wildman–Crippen MR) is 82.2 cm³/mol. The highest BCUT2D eigenvalue weighted by molar-refractivity contribution is 5.80. The molecule has 2 rings (SSSR count). The number of aryl methyl sites for hydroxylation is 1. The fourth-order valence-electron chi connectivity index (χ4n) is 1.20. The molecule has 0 aliphatic rings. The molecule has 2 heteroatoms. The maximum absolute atomic E-state index is 9.35. The summed E-state index contributed by atoms with van der Waals surface area (Å²) in [6, 6.07) is 9.46. The van der Waals surface area contributed by atoms with Gasteiger partial charge >= 0.3 is 0 Å². The van der Waals surface area contributed by atoms with Gasteiger partial charge in [-0.1, -0.05) is 59.7 Å². The molecule has 1 aromatic heterocycles. The molecule has 2 aromatic rings. The third-order valence-electron chi connectivity index (χ3n) is 1.89. The lowest BCUT2D eigenvalue weighted by molar-refractivity contribution is 0.469. The standard InChI is InChI=1S/C10H9NO.3C2H6/c1-7-10(12)6-8-4-2-3-5-9(8)11-7;3*1-2/h2-6,12H,1H3;3*1-2H3. The smallest absolute Gasteiger partial charge is 0.137 e. The van der Waals surface area contributed by atoms with E-state index < -0.39 is 0 Å². The summed E-state index contributed by atoms with van der Waals surface area (Å²) in [4.78, 5) is 4.23. The van der Waals surface area contributed by atoms with Crippen molar-refractivity contribution in [1.29, 1.82) is 0 Å². The first-order valence-electron chi connectivity index (χ1n) is 6.83. The van der Waals surface area contributed by atoms with Crippen LogP contribution in [0.5, 0.6) is 5.75 Å². The topological polar surface area (TPSA) is 33.1 Å². The van der Waals surface area contributed by atoms with Crippen molar-refractivity contribution in [2.45, 2.75) is 48.5 Å². The van der Waals surface area contributed by atoms with Crippen LogP contribution in [0.2, 0.25) is 0 Å². The molecule has 0 fully saturated rings. The van der Waals surface area contributed by atoms with E-state index in [-0.39, 0.29) is 5.75 Å². The molecule has 0 saturated carbocycles. The number of aromatic hydroxyl groups is 1. The van der Waals surface area contributed by atoms with Crippen LogP contribution in [0, 0.1) is 6.92 Å². The van der Waals surface area contributed by atoms with Crippen LogP contribution in [0.15, 0.2) is 30.3 Å². The second kappa shape index (κ2) is 11.9. The molecule has 0 radical (unpaired) electrons. The minimum absolute atomic E-state index is 0.258. The second-order valence-corrected chi connectivity index (χ2v) is 2.79. The van der Waals surface area contributed by atoms with Crippen LogP contribution in [0.25, 0.3) is 10.9 Å². The van der Waals surface area contributed by atoms with Crippen molar-refractivity contribution in [1.82, 2.24) is 4.98 Å². The van der Waals surface area contributed by atoms with Gasteiger partial charge in [0.2, 0.25) is 0 Å². The average Bonchev–Trinajstić information content (AvgIpc) is 2.47. The van der Waals surface area contributed by atoms with Crippen LogP contribution in [-0.2, 0) is 0 Å². The van der Waals surface area contributed by atoms with Gasteiger partial charge in [0.1, 0.15) is 5.75 Å². The molecule has 0 unspecified atom stereocenters. The van der Waals surface area contributed by atoms with E-state index in [1.165, 1.54) is 0 Å². The summed E-state index contributed by atoms with van der Waals surface area (Å²) in [6.07, 6.45) is 0. The molecule has 0 aliphatic heterocycles. The summed E-state index contributed by atoms with van der Waals surface area (Å²) in [5, 5.41) is 10.3. The van der Waals surface area contributed by atoms with E-state index in [2.05, 4.69) is 4.98 Å². The van der Waals surface area contributed by atoms with Gasteiger partial charge in [-0.05, 0) is 19.1 Å². The van der Waals surface area contributed by atoms with Gasteiger partial charge < -0.3 is 5.11 Å². The number of fused-ring (bicyclic) bond motifs is 1. The molecule has 1 heterocycles. The second-order valence-electron chi connectivity index (χ2n) is 2.79. The first-order valence-corrected chi connectivity index (χ1v) is 6.83. The van der Waals surface area contributed by atoms with Gasteiger partial charge in [-0.2, -0.15) is 0 Å². The third-order valence-corrected chi connectivity index (χ3v) is 1.89. The number of hydrogen-bond acceptors (Lipinski definition) is 2. The molecule has 0 spiro atoms. The van der Waals surface area contributed by atoms with Crippen LogP contribution in [-0.4, -0.2) is 10.1 Å². The Morgan fingerprint density at radius 2 is 1.39 bits per heavy atom. The summed E-state index contributed by atoms with van der Waals surface area (Å²) < 4.78 is 0. The largest absolute Gasteiger partial charge is 0.506 e. The number of hydrogen-bond donors (Lipinski definition) is 1. The zero-order valence-corrected chi connectivity index (χ0v) is 12.8. The summed E-state index contributed by atoms with van der Waals surface area (Å²) in [5.74, 6) is 0.258. The number of nitrogens with zero attached hydrogens (tertiary/aromatic N) is 1. The minimum atomic E-state index is 0.258. The molecule has 1 aromatic carbocycles. The summed E-state index contributed by atoms with van der Waals surface area (Å²) >= 11 is 0. The minimum Gasteiger partial charge on any atom is -0.506 e. The number of para-hydroxylation sites is 1. The molecule has 102 valence electrons. The van der Waals surface area contributed by atoms with Crippen molar-refractivity contribution in [3.8, 4) is 5.75 Å². The fraction of sp³-hybridized carbons (Fsp3) is 0.438. The molecule has 2 nitrogen and oxygen atoms in total. The van der Waals surface area contributed by atoms with E-state index in [9.17, 15) is 5.11 Å². The first-order chi connectivity index (χ1) is 8.77. The lowest BCUT2D eigenvalue weighted by Crippen LogP contribution is -1.83. The summed E-state index contributed by atoms with van der Waals surface area (Å²) in [5.41, 5.74) is 1.60. The van der Waals surface area contributed by atoms with Crippen molar-refractivity contribution < 1.29 is 5.11 Å². The number of pyridine rings is 1. The van der Waals surface area contributed by atoms with Gasteiger partial charge in [0.15, 0.2) is 0 Å². The molecular weight excluding hydrogens is 222 g/mol. The molecule has 1 N–H and O–H groups in total. The van der Waals surface area contributed by atoms with Crippen molar-refractivity contribution in [2.24, 2.45) is 0 Å². The zero-order chi connectivity index (χ0) is 14.6. The van der Waals surface area contributed by atoms with Crippen molar-refractivity contribution in [2.75, 3.05) is 0 Å². The Morgan fingerprint density at radius 1 is 0.889 bits per heavy atom. The quantitative estimate of drug-likeness (QED) is 0.684. The van der Waals surface area contributed by atoms with Crippen LogP contribution >= 0.6 is 0 Å². The predicted octanol–water partition coefficient (Wildman–Crippen LogP) is 5.33. The SMILES string of the molecule is CC.CC.CC.Cc1nc2ccccc2cc1O. The Hall–Kier alpha value is -1.57. The van der Waals surface area contributed by atoms with E-state index in [1.54, 1.807) is 13.0 Å². The lowest BCUT2D eigenvalue weighted by atomic mass is 10.2. The van der Waals surface area contributed by atoms with Gasteiger partial charge in [0.25, 0.3) is 0 Å². The first kappa shape index (κ1) is 18.8. The third kappa shape index (κ3) is 5.67. The molecule has 0 amide bonds. The van der Waals surface area contributed by atoms with E-state index in [1.807, 2.05) is 65.8 Å². The lowest BCUT2D eigenvalue weighted by Gasteiger charge is -2.00. The monoisotopic (exact) mass is 249 g/mol. The molecule has 0 aliphatic carbocycles. The fourth-order valence-corrected chi connectivity index (χ4v) is 1.20. The van der Waals surface area contributed by atoms with Crippen molar-refractivity contribution in [3.63, 3.8) is 0 Å². The Labute approximate surface area is 112 Å². The van der Waals surface area contributed by atoms with Crippen LogP contribution in [0.1, 0.15) is 47.2 Å². The summed E-state index contributed by atoms with van der Waals surface area (Å²) in [7, 11) is 0. The van der Waals surface area contributed by atoms with Gasteiger partial charge in [-0.3, -0.25) is 0 Å². The Morgan fingerprint density at radius 3 is 1.94 bits per heavy atom. The van der Waals surface area contributed by atoms with Crippen LogP contribution in [0.4, 0.5) is 0 Å². The van der Waals surface area contributed by atoms with E-state index in [4.69, 9.17) is 0 Å². The normalized spacial score (nSPS) is 7.94. The van der Waals surface area contributed by atoms with Gasteiger partial charge in [-0.15, -0.1) is 0 Å². The highest BCUT2D eigenvalue weighted by atomic mass is 16.3. The molecule has 0 bridgehead atoms. The van der Waals surface area contributed by atoms with Crippen molar-refractivity contribution in [3.05, 3.63) is 36.0 Å². The summed E-state index contributed by atoms with van der Waals surface area (Å²) in [6.45, 7) is 13.8. The van der Waals surface area contributed by atoms with Gasteiger partial charge in [0, 0.05) is 5.39 Å². The van der Waals surface area contributed by atoms with E-state index >= 15 is 0 Å². The highest BCUT2D eigenvalue weighted by Gasteiger charge is 1.99. The zero-order valence-electron chi connectivity index (χ0n) is 12.8. The maximum Gasteiger partial charge on any atom is 0.137 e. The molecule has 18 heavy (non-hydrogen) atoms. The van der Waals surface area contributed by atoms with E-state index in [0.717, 1.165) is 10.9 Å². The average molecular weight is 249 g/mol. The molecular formula is C16H27NO. The van der Waals surface area contributed by atoms with Crippen LogP contribution in [0.3, 0.4) is 0 Å². The Bertz CT molecular complexity index is 384. The number of rotatable bonds is 0. The maximum atomic E-state index is 9.35. The van der Waals surface area contributed by atoms with Crippen molar-refractivity contribution >= 4 is 10.9 Å². The molecule has 0 saturated heterocycles. The Kier molecular flexibility index (Phi) is 12.4. The number of benzene rings is 1. The van der Waals surface area contributed by atoms with Crippen LogP contribution < -0.4 is 0 Å². The number of aromatic nitrogens is 1. The van der Waals surface area contributed by atoms with Gasteiger partial charge in [-0.25, -0.2) is 4.98 Å². The Balaban J connectivity index is 0. The highest BCUT2D eigenvalue weighted by Crippen LogP contribution is 2.20. The molecule has 0 atom stereocenters.